The summed E-state index contributed by atoms with van der Waals surface area (Å²) in [4.78, 5) is 0. The molecular weight excluding hydrogens is 556 g/mol. The maximum Gasteiger partial charge on any atom is 0.0614 e. The Morgan fingerprint density at radius 2 is 0.457 bits per heavy atom. The minimum absolute atomic E-state index is 0.150. The van der Waals surface area contributed by atoms with E-state index in [-0.39, 0.29) is 6.61 Å². The summed E-state index contributed by atoms with van der Waals surface area (Å²) in [5.74, 6) is 0. The molecule has 0 atom stereocenters. The molecule has 1 N–H and O–H groups in total. The summed E-state index contributed by atoms with van der Waals surface area (Å²) in [7, 11) is 0. The second-order valence-electron chi connectivity index (χ2n) is 14.2. The van der Waals surface area contributed by atoms with E-state index in [1.807, 2.05) is 6.08 Å². The van der Waals surface area contributed by atoms with Crippen LogP contribution in [-0.2, 0) is 0 Å². The number of allylic oxidation sites excluding steroid dienone is 17. The lowest BCUT2D eigenvalue weighted by Gasteiger charge is -2.04. The monoisotopic (exact) mass is 631 g/mol. The minimum atomic E-state index is 0.150. The largest absolute Gasteiger partial charge is 0.392 e. The zero-order valence-electron chi connectivity index (χ0n) is 32.2. The van der Waals surface area contributed by atoms with E-state index in [0.717, 1.165) is 57.8 Å². The molecule has 0 rings (SSSR count). The molecule has 0 fully saturated rings. The Bertz CT molecular complexity index is 1100. The maximum atomic E-state index is 8.96. The number of aliphatic hydroxyl groups excluding tert-OH is 1. The van der Waals surface area contributed by atoms with Crippen LogP contribution < -0.4 is 0 Å². The topological polar surface area (TPSA) is 20.2 Å². The van der Waals surface area contributed by atoms with Crippen molar-refractivity contribution in [3.8, 4) is 0 Å². The van der Waals surface area contributed by atoms with Crippen LogP contribution in [0.15, 0.2) is 105 Å². The van der Waals surface area contributed by atoms with Crippen LogP contribution in [0.25, 0.3) is 0 Å². The van der Waals surface area contributed by atoms with Gasteiger partial charge in [-0.15, -0.1) is 0 Å². The molecule has 0 aromatic heterocycles. The predicted octanol–water partition coefficient (Wildman–Crippen LogP) is 14.8. The Morgan fingerprint density at radius 1 is 0.283 bits per heavy atom. The van der Waals surface area contributed by atoms with Gasteiger partial charge in [0.2, 0.25) is 0 Å². The normalized spacial score (nSPS) is 14.8. The number of hydrogen-bond acceptors (Lipinski definition) is 1. The molecule has 0 saturated carbocycles. The third-order valence-corrected chi connectivity index (χ3v) is 8.75. The highest BCUT2D eigenvalue weighted by atomic mass is 16.2. The molecule has 0 spiro atoms. The Hall–Kier alpha value is -2.38. The summed E-state index contributed by atoms with van der Waals surface area (Å²) in [6.45, 7) is 22.6. The van der Waals surface area contributed by atoms with E-state index < -0.39 is 0 Å². The van der Waals surface area contributed by atoms with Crippen molar-refractivity contribution in [1.29, 1.82) is 0 Å². The van der Waals surface area contributed by atoms with E-state index >= 15 is 0 Å². The van der Waals surface area contributed by atoms with Gasteiger partial charge in [-0.3, -0.25) is 0 Å². The standard InChI is InChI=1S/C45H74O/c1-37(2)19-11-20-38(3)21-12-22-39(4)23-13-24-40(5)25-14-26-41(6)27-15-28-42(7)29-16-30-43(8)31-17-32-44(9)33-18-34-45(10)35-36-46/h19,21,23,25,27,29,31,33,35,46H,11-18,20,22,24,26,28,30,32,34,36H2,1-10H3/b38-21+,39-23+,40-25+,41-27?,42-29+,43-31?,44-33+,45-35?. The van der Waals surface area contributed by atoms with Crippen molar-refractivity contribution >= 4 is 0 Å². The van der Waals surface area contributed by atoms with Gasteiger partial charge in [0.15, 0.2) is 0 Å². The molecule has 0 aliphatic rings. The van der Waals surface area contributed by atoms with Crippen LogP contribution in [0.4, 0.5) is 0 Å². The summed E-state index contributed by atoms with van der Waals surface area (Å²) in [5, 5.41) is 8.96. The smallest absolute Gasteiger partial charge is 0.0614 e. The Labute approximate surface area is 287 Å². The van der Waals surface area contributed by atoms with Gasteiger partial charge < -0.3 is 5.11 Å². The highest BCUT2D eigenvalue weighted by molar-refractivity contribution is 5.10. The molecule has 46 heavy (non-hydrogen) atoms. The molecule has 0 saturated heterocycles. The van der Waals surface area contributed by atoms with Crippen molar-refractivity contribution in [1.82, 2.24) is 0 Å². The first-order valence-corrected chi connectivity index (χ1v) is 18.4. The predicted molar refractivity (Wildman–Crippen MR) is 210 cm³/mol. The molecule has 1 heteroatoms. The van der Waals surface area contributed by atoms with Crippen LogP contribution in [0.2, 0.25) is 0 Å². The van der Waals surface area contributed by atoms with E-state index in [0.29, 0.717) is 0 Å². The fraction of sp³-hybridized carbons (Fsp3) is 0.600. The second-order valence-corrected chi connectivity index (χ2v) is 14.2. The van der Waals surface area contributed by atoms with E-state index in [1.54, 1.807) is 0 Å². The van der Waals surface area contributed by atoms with Gasteiger partial charge in [-0.1, -0.05) is 105 Å². The van der Waals surface area contributed by atoms with Gasteiger partial charge >= 0.3 is 0 Å². The first-order chi connectivity index (χ1) is 21.9. The van der Waals surface area contributed by atoms with E-state index in [4.69, 9.17) is 5.11 Å². The highest BCUT2D eigenvalue weighted by Gasteiger charge is 1.97. The second kappa shape index (κ2) is 28.8. The first kappa shape index (κ1) is 43.6. The van der Waals surface area contributed by atoms with Crippen molar-refractivity contribution in [2.75, 3.05) is 6.61 Å². The lowest BCUT2D eigenvalue weighted by atomic mass is 10.0. The van der Waals surface area contributed by atoms with Gasteiger partial charge in [-0.2, -0.15) is 0 Å². The van der Waals surface area contributed by atoms with E-state index in [9.17, 15) is 0 Å². The third-order valence-electron chi connectivity index (χ3n) is 8.75. The molecule has 0 aliphatic heterocycles. The zero-order valence-corrected chi connectivity index (χ0v) is 32.2. The summed E-state index contributed by atoms with van der Waals surface area (Å²) in [6.07, 6.45) is 39.7. The van der Waals surface area contributed by atoms with Crippen molar-refractivity contribution < 1.29 is 5.11 Å². The molecule has 0 amide bonds. The average Bonchev–Trinajstić information content (AvgIpc) is 2.97. The lowest BCUT2D eigenvalue weighted by molar-refractivity contribution is 0.341. The van der Waals surface area contributed by atoms with Gasteiger partial charge in [-0.05, 0) is 172 Å². The quantitative estimate of drug-likeness (QED) is 0.0995. The van der Waals surface area contributed by atoms with Crippen LogP contribution in [-0.4, -0.2) is 11.7 Å². The SMILES string of the molecule is CC(C)=CCC/C(C)=C/CC/C(C)=C/CC/C(C)=C/CCC(C)=CCC/C(C)=C/CCC(C)=CCC/C(C)=C/CCC(C)=CCO. The van der Waals surface area contributed by atoms with Crippen LogP contribution in [0.3, 0.4) is 0 Å². The van der Waals surface area contributed by atoms with Gasteiger partial charge in [0.25, 0.3) is 0 Å². The van der Waals surface area contributed by atoms with Crippen LogP contribution in [0, 0.1) is 0 Å². The van der Waals surface area contributed by atoms with Gasteiger partial charge in [0, 0.05) is 0 Å². The molecular formula is C45H74O. The van der Waals surface area contributed by atoms with Gasteiger partial charge in [0.1, 0.15) is 0 Å². The molecule has 0 aromatic rings. The Balaban J connectivity index is 4.21. The fourth-order valence-electron chi connectivity index (χ4n) is 5.38. The number of aliphatic hydroxyl groups is 1. The summed E-state index contributed by atoms with van der Waals surface area (Å²) < 4.78 is 0. The zero-order chi connectivity index (χ0) is 34.6. The molecule has 0 aromatic carbocycles. The first-order valence-electron chi connectivity index (χ1n) is 18.4. The van der Waals surface area contributed by atoms with Crippen molar-refractivity contribution in [2.45, 2.75) is 172 Å². The van der Waals surface area contributed by atoms with Gasteiger partial charge in [-0.25, -0.2) is 0 Å². The van der Waals surface area contributed by atoms with Crippen molar-refractivity contribution in [2.24, 2.45) is 0 Å². The van der Waals surface area contributed by atoms with Crippen molar-refractivity contribution in [3.05, 3.63) is 105 Å². The molecule has 0 radical (unpaired) electrons. The third kappa shape index (κ3) is 29.1. The van der Waals surface area contributed by atoms with E-state index in [2.05, 4.69) is 118 Å². The number of rotatable bonds is 25. The summed E-state index contributed by atoms with van der Waals surface area (Å²) in [5.41, 5.74) is 13.3. The molecule has 260 valence electrons. The Morgan fingerprint density at radius 3 is 0.630 bits per heavy atom. The van der Waals surface area contributed by atoms with Crippen LogP contribution in [0.1, 0.15) is 172 Å². The molecule has 1 nitrogen and oxygen atoms in total. The van der Waals surface area contributed by atoms with Gasteiger partial charge in [0.05, 0.1) is 6.61 Å². The number of hydrogen-bond donors (Lipinski definition) is 1. The van der Waals surface area contributed by atoms with E-state index in [1.165, 1.54) is 95.1 Å². The molecule has 0 heterocycles. The van der Waals surface area contributed by atoms with Crippen LogP contribution in [0.5, 0.6) is 0 Å². The molecule has 0 bridgehead atoms. The highest BCUT2D eigenvalue weighted by Crippen LogP contribution is 2.17. The van der Waals surface area contributed by atoms with Crippen LogP contribution >= 0.6 is 0 Å². The maximum absolute atomic E-state index is 8.96. The minimum Gasteiger partial charge on any atom is -0.392 e. The summed E-state index contributed by atoms with van der Waals surface area (Å²) in [6, 6.07) is 0. The molecule has 0 aliphatic carbocycles. The summed E-state index contributed by atoms with van der Waals surface area (Å²) >= 11 is 0. The fourth-order valence-corrected chi connectivity index (χ4v) is 5.38. The Kier molecular flexibility index (Phi) is 27.3. The molecule has 0 unspecified atom stereocenters. The average molecular weight is 631 g/mol. The van der Waals surface area contributed by atoms with Crippen molar-refractivity contribution in [3.63, 3.8) is 0 Å². The lowest BCUT2D eigenvalue weighted by Crippen LogP contribution is -1.84.